The minimum Gasteiger partial charge on any atom is -0.493 e. The van der Waals surface area contributed by atoms with Crippen molar-refractivity contribution in [1.82, 2.24) is 10.2 Å². The molecule has 0 saturated heterocycles. The molecule has 1 fully saturated rings. The van der Waals surface area contributed by atoms with Crippen LogP contribution in [0.2, 0.25) is 5.02 Å². The Balaban J connectivity index is 1.95. The van der Waals surface area contributed by atoms with Gasteiger partial charge in [0.1, 0.15) is 17.0 Å². The number of nitrogens with zero attached hydrogens (tertiary/aromatic N) is 1. The molecule has 3 rings (SSSR count). The fourth-order valence-corrected chi connectivity index (χ4v) is 6.20. The van der Waals surface area contributed by atoms with Crippen molar-refractivity contribution in [1.29, 1.82) is 0 Å². The van der Waals surface area contributed by atoms with Gasteiger partial charge < -0.3 is 39.4 Å². The number of carboxylic acid groups (broad SMARTS) is 1. The van der Waals surface area contributed by atoms with Gasteiger partial charge in [-0.2, -0.15) is 0 Å². The Labute approximate surface area is 266 Å². The van der Waals surface area contributed by atoms with Gasteiger partial charge in [0.25, 0.3) is 0 Å². The standard InChI is InChI=1S/C33H49ClN2O8/c1-8-41-25-18-33(19-25,31(38)39)35-32(40)36(14-15-44-23(7)24-13-11-12-20(4)16-24)21(5)26-17-27(42-9-2)28(22(6)37)30(29(26)34)43-10-3/h11-13,17,20-23,25,37H,8-10,14-16,18-19H2,1-7H3,(H,35,40)(H,38,39)/t20?,21-,22?,23+,25-,33+/m1/s1. The first-order valence-electron chi connectivity index (χ1n) is 15.6. The zero-order valence-electron chi connectivity index (χ0n) is 27.0. The predicted octanol–water partition coefficient (Wildman–Crippen LogP) is 6.21. The number of rotatable bonds is 16. The number of aliphatic hydroxyl groups excluding tert-OH is 1. The third-order valence-corrected chi connectivity index (χ3v) is 8.66. The van der Waals surface area contributed by atoms with E-state index < -0.39 is 29.7 Å². The van der Waals surface area contributed by atoms with E-state index in [1.807, 2.05) is 40.7 Å². The van der Waals surface area contributed by atoms with E-state index in [2.05, 4.69) is 24.4 Å². The third kappa shape index (κ3) is 8.27. The summed E-state index contributed by atoms with van der Waals surface area (Å²) in [6.45, 7) is 14.5. The normalized spacial score (nSPS) is 23.2. The summed E-state index contributed by atoms with van der Waals surface area (Å²) >= 11 is 6.92. The highest BCUT2D eigenvalue weighted by Crippen LogP contribution is 2.45. The van der Waals surface area contributed by atoms with Crippen LogP contribution in [0.1, 0.15) is 91.0 Å². The van der Waals surface area contributed by atoms with Gasteiger partial charge in [-0.15, -0.1) is 0 Å². The zero-order valence-corrected chi connectivity index (χ0v) is 27.8. The Morgan fingerprint density at radius 2 is 1.82 bits per heavy atom. The lowest BCUT2D eigenvalue weighted by molar-refractivity contribution is -0.156. The number of carbonyl (C=O) groups excluding carboxylic acids is 1. The number of carboxylic acids is 1. The number of halogens is 1. The Hall–Kier alpha value is -2.79. The maximum atomic E-state index is 14.0. The van der Waals surface area contributed by atoms with Crippen LogP contribution in [0, 0.1) is 5.92 Å². The molecule has 0 aromatic heterocycles. The van der Waals surface area contributed by atoms with Gasteiger partial charge in [0.15, 0.2) is 0 Å². The summed E-state index contributed by atoms with van der Waals surface area (Å²) in [5.41, 5.74) is 0.689. The fraction of sp³-hybridized carbons (Fsp3) is 0.636. The number of aliphatic carboxylic acids is 1. The minimum atomic E-state index is -1.44. The number of hydrogen-bond acceptors (Lipinski definition) is 7. The molecule has 10 nitrogen and oxygen atoms in total. The smallest absolute Gasteiger partial charge is 0.329 e. The van der Waals surface area contributed by atoms with E-state index in [9.17, 15) is 19.8 Å². The summed E-state index contributed by atoms with van der Waals surface area (Å²) in [4.78, 5) is 27.8. The van der Waals surface area contributed by atoms with E-state index in [4.69, 9.17) is 30.5 Å². The van der Waals surface area contributed by atoms with E-state index >= 15 is 0 Å². The van der Waals surface area contributed by atoms with Gasteiger partial charge in [-0.1, -0.05) is 36.8 Å². The lowest BCUT2D eigenvalue weighted by Gasteiger charge is -2.45. The lowest BCUT2D eigenvalue weighted by Crippen LogP contribution is -2.66. The van der Waals surface area contributed by atoms with Crippen molar-refractivity contribution in [3.8, 4) is 11.5 Å². The highest BCUT2D eigenvalue weighted by molar-refractivity contribution is 6.33. The van der Waals surface area contributed by atoms with Crippen LogP contribution in [-0.2, 0) is 14.3 Å². The number of nitrogens with one attached hydrogen (secondary N) is 1. The Kier molecular flexibility index (Phi) is 13.0. The minimum absolute atomic E-state index is 0.156. The fourth-order valence-electron chi connectivity index (χ4n) is 5.83. The van der Waals surface area contributed by atoms with Crippen LogP contribution in [0.5, 0.6) is 11.5 Å². The van der Waals surface area contributed by atoms with Crippen molar-refractivity contribution < 1.29 is 38.7 Å². The first-order chi connectivity index (χ1) is 20.9. The average molecular weight is 637 g/mol. The van der Waals surface area contributed by atoms with Gasteiger partial charge in [-0.25, -0.2) is 9.59 Å². The molecule has 2 aliphatic rings. The number of benzene rings is 1. The summed E-state index contributed by atoms with van der Waals surface area (Å²) in [6.07, 6.45) is 6.17. The second-order valence-corrected chi connectivity index (χ2v) is 11.9. The summed E-state index contributed by atoms with van der Waals surface area (Å²) in [6, 6.07) is 0.506. The molecule has 0 spiro atoms. The average Bonchev–Trinajstić information content (AvgIpc) is 2.95. The molecule has 0 bridgehead atoms. The lowest BCUT2D eigenvalue weighted by atomic mass is 9.74. The van der Waals surface area contributed by atoms with Crippen LogP contribution < -0.4 is 14.8 Å². The van der Waals surface area contributed by atoms with Crippen molar-refractivity contribution in [2.24, 2.45) is 5.92 Å². The van der Waals surface area contributed by atoms with Gasteiger partial charge in [-0.05, 0) is 65.5 Å². The second kappa shape index (κ2) is 16.0. The molecule has 0 aliphatic heterocycles. The molecule has 11 heteroatoms. The molecule has 1 aromatic rings. The molecule has 2 unspecified atom stereocenters. The maximum absolute atomic E-state index is 14.0. The molecule has 0 radical (unpaired) electrons. The summed E-state index contributed by atoms with van der Waals surface area (Å²) < 4.78 is 23.6. The van der Waals surface area contributed by atoms with Gasteiger partial charge in [0, 0.05) is 31.6 Å². The number of carbonyl (C=O) groups is 2. The van der Waals surface area contributed by atoms with E-state index in [0.717, 1.165) is 6.42 Å². The first-order valence-corrected chi connectivity index (χ1v) is 16.0. The molecular weight excluding hydrogens is 588 g/mol. The molecule has 2 aliphatic carbocycles. The van der Waals surface area contributed by atoms with Crippen LogP contribution in [0.4, 0.5) is 4.79 Å². The van der Waals surface area contributed by atoms with Crippen molar-refractivity contribution >= 4 is 23.6 Å². The van der Waals surface area contributed by atoms with Gasteiger partial charge >= 0.3 is 12.0 Å². The van der Waals surface area contributed by atoms with Gasteiger partial charge in [0.05, 0.1) is 54.8 Å². The molecule has 0 heterocycles. The predicted molar refractivity (Wildman–Crippen MR) is 170 cm³/mol. The van der Waals surface area contributed by atoms with Crippen molar-refractivity contribution in [3.63, 3.8) is 0 Å². The number of amides is 2. The Morgan fingerprint density at radius 3 is 2.39 bits per heavy atom. The van der Waals surface area contributed by atoms with Crippen LogP contribution in [0.25, 0.3) is 0 Å². The summed E-state index contributed by atoms with van der Waals surface area (Å²) in [7, 11) is 0. The summed E-state index contributed by atoms with van der Waals surface area (Å²) in [5, 5.41) is 23.7. The second-order valence-electron chi connectivity index (χ2n) is 11.6. The monoisotopic (exact) mass is 636 g/mol. The van der Waals surface area contributed by atoms with E-state index in [1.54, 1.807) is 13.0 Å². The van der Waals surface area contributed by atoms with Crippen LogP contribution in [0.15, 0.2) is 29.9 Å². The molecule has 246 valence electrons. The SMILES string of the molecule is CCOc1cc([C@@H](C)N(CCO[C@@H](C)C2=CC=CC(C)C2)C(=O)N[C@]2(C(=O)O)C[C@H](OCC)C2)c(Cl)c(OCC)c1C(C)O. The molecule has 44 heavy (non-hydrogen) atoms. The van der Waals surface area contributed by atoms with E-state index in [0.29, 0.717) is 42.6 Å². The van der Waals surface area contributed by atoms with Gasteiger partial charge in [0.2, 0.25) is 0 Å². The number of allylic oxidation sites excluding steroid dienone is 3. The van der Waals surface area contributed by atoms with Crippen molar-refractivity contribution in [2.75, 3.05) is 33.0 Å². The van der Waals surface area contributed by atoms with Crippen molar-refractivity contribution in [3.05, 3.63) is 46.0 Å². The number of aliphatic hydroxyl groups is 1. The number of ether oxygens (including phenoxy) is 4. The summed E-state index contributed by atoms with van der Waals surface area (Å²) in [5.74, 6) is -0.00444. The molecule has 1 aromatic carbocycles. The molecule has 1 saturated carbocycles. The van der Waals surface area contributed by atoms with Crippen LogP contribution >= 0.6 is 11.6 Å². The van der Waals surface area contributed by atoms with E-state index in [1.165, 1.54) is 10.5 Å². The van der Waals surface area contributed by atoms with Crippen LogP contribution in [0.3, 0.4) is 0 Å². The van der Waals surface area contributed by atoms with Crippen LogP contribution in [-0.4, -0.2) is 77.8 Å². The first kappa shape index (κ1) is 35.7. The zero-order chi connectivity index (χ0) is 32.6. The third-order valence-electron chi connectivity index (χ3n) is 8.27. The number of hydrogen-bond donors (Lipinski definition) is 3. The van der Waals surface area contributed by atoms with Gasteiger partial charge in [-0.3, -0.25) is 0 Å². The quantitative estimate of drug-likeness (QED) is 0.195. The Morgan fingerprint density at radius 1 is 1.14 bits per heavy atom. The molecular formula is C33H49ClN2O8. The topological polar surface area (TPSA) is 127 Å². The maximum Gasteiger partial charge on any atom is 0.329 e. The number of urea groups is 1. The molecule has 2 amide bonds. The highest BCUT2D eigenvalue weighted by atomic mass is 35.5. The molecule has 4 atom stereocenters. The van der Waals surface area contributed by atoms with E-state index in [-0.39, 0.29) is 49.0 Å². The Bertz CT molecular complexity index is 1210. The van der Waals surface area contributed by atoms with Crippen molar-refractivity contribution in [2.45, 2.75) is 97.6 Å². The molecule has 3 N–H and O–H groups in total. The highest BCUT2D eigenvalue weighted by Gasteiger charge is 2.53. The largest absolute Gasteiger partial charge is 0.493 e.